The minimum absolute atomic E-state index is 0.0560. The Hall–Kier alpha value is -1.10. The molecule has 20 heavy (non-hydrogen) atoms. The highest BCUT2D eigenvalue weighted by atomic mass is 16.5. The summed E-state index contributed by atoms with van der Waals surface area (Å²) in [5.41, 5.74) is 8.38. The van der Waals surface area contributed by atoms with Gasteiger partial charge in [-0.05, 0) is 37.5 Å². The zero-order valence-corrected chi connectivity index (χ0v) is 12.3. The van der Waals surface area contributed by atoms with Crippen molar-refractivity contribution in [1.29, 1.82) is 0 Å². The Morgan fingerprint density at radius 2 is 2.05 bits per heavy atom. The predicted molar refractivity (Wildman–Crippen MR) is 78.8 cm³/mol. The van der Waals surface area contributed by atoms with Gasteiger partial charge in [-0.3, -0.25) is 4.90 Å². The number of rotatable bonds is 4. The lowest BCUT2D eigenvalue weighted by atomic mass is 10.0. The second kappa shape index (κ2) is 5.72. The van der Waals surface area contributed by atoms with Crippen LogP contribution in [0, 0.1) is 0 Å². The summed E-state index contributed by atoms with van der Waals surface area (Å²) in [5.74, 6) is 0.952. The number of morpholine rings is 1. The van der Waals surface area contributed by atoms with E-state index < -0.39 is 0 Å². The van der Waals surface area contributed by atoms with Crippen LogP contribution in [0.2, 0.25) is 0 Å². The van der Waals surface area contributed by atoms with Crippen molar-refractivity contribution in [1.82, 2.24) is 4.90 Å². The van der Waals surface area contributed by atoms with Gasteiger partial charge in [0.2, 0.25) is 0 Å². The summed E-state index contributed by atoms with van der Waals surface area (Å²) in [5, 5.41) is 0. The Balaban J connectivity index is 1.76. The zero-order valence-electron chi connectivity index (χ0n) is 12.3. The lowest BCUT2D eigenvalue weighted by Crippen LogP contribution is -2.42. The lowest BCUT2D eigenvalue weighted by molar-refractivity contribution is -0.0412. The van der Waals surface area contributed by atoms with E-state index in [2.05, 4.69) is 17.0 Å². The Bertz CT molecular complexity index is 464. The van der Waals surface area contributed by atoms with Crippen LogP contribution in [0.5, 0.6) is 5.75 Å². The van der Waals surface area contributed by atoms with Crippen molar-refractivity contribution in [2.75, 3.05) is 20.2 Å². The van der Waals surface area contributed by atoms with Crippen LogP contribution >= 0.6 is 0 Å². The third-order valence-electron chi connectivity index (χ3n) is 4.34. The molecule has 3 rings (SSSR count). The van der Waals surface area contributed by atoms with Gasteiger partial charge in [-0.2, -0.15) is 0 Å². The molecule has 0 radical (unpaired) electrons. The number of hydrogen-bond donors (Lipinski definition) is 1. The van der Waals surface area contributed by atoms with Gasteiger partial charge in [-0.15, -0.1) is 0 Å². The van der Waals surface area contributed by atoms with Crippen molar-refractivity contribution < 1.29 is 9.47 Å². The fourth-order valence-corrected chi connectivity index (χ4v) is 3.27. The number of likely N-dealkylation sites (tertiary alicyclic amines) is 1. The van der Waals surface area contributed by atoms with E-state index >= 15 is 0 Å². The Morgan fingerprint density at radius 3 is 2.65 bits per heavy atom. The molecular weight excluding hydrogens is 252 g/mol. The number of methoxy groups -OCH3 is 1. The first kappa shape index (κ1) is 13.9. The van der Waals surface area contributed by atoms with E-state index in [-0.39, 0.29) is 6.04 Å². The molecule has 0 amide bonds. The molecule has 2 aliphatic heterocycles. The number of fused-ring (bicyclic) bond motifs is 2. The average Bonchev–Trinajstić information content (AvgIpc) is 2.78. The molecule has 2 bridgehead atoms. The van der Waals surface area contributed by atoms with Crippen LogP contribution in [0.3, 0.4) is 0 Å². The van der Waals surface area contributed by atoms with Crippen molar-refractivity contribution in [2.45, 2.75) is 44.6 Å². The normalized spacial score (nSPS) is 27.6. The van der Waals surface area contributed by atoms with Gasteiger partial charge in [0.05, 0.1) is 19.3 Å². The highest BCUT2D eigenvalue weighted by Gasteiger charge is 2.33. The van der Waals surface area contributed by atoms with Crippen molar-refractivity contribution >= 4 is 0 Å². The SMILES string of the molecule is COc1ccc(C(C)N)cc1CN1CC2CCC(C1)O2. The van der Waals surface area contributed by atoms with Gasteiger partial charge in [0, 0.05) is 31.2 Å². The average molecular weight is 276 g/mol. The molecule has 2 saturated heterocycles. The van der Waals surface area contributed by atoms with Gasteiger partial charge < -0.3 is 15.2 Å². The summed E-state index contributed by atoms with van der Waals surface area (Å²) in [6, 6.07) is 6.32. The molecule has 2 fully saturated rings. The Labute approximate surface area is 120 Å². The van der Waals surface area contributed by atoms with E-state index in [0.717, 1.165) is 30.9 Å². The van der Waals surface area contributed by atoms with Crippen LogP contribution in [0.25, 0.3) is 0 Å². The van der Waals surface area contributed by atoms with Gasteiger partial charge in [0.1, 0.15) is 5.75 Å². The third-order valence-corrected chi connectivity index (χ3v) is 4.34. The summed E-state index contributed by atoms with van der Waals surface area (Å²) >= 11 is 0. The summed E-state index contributed by atoms with van der Waals surface area (Å²) in [7, 11) is 1.73. The van der Waals surface area contributed by atoms with Crippen molar-refractivity contribution in [3.63, 3.8) is 0 Å². The molecule has 4 nitrogen and oxygen atoms in total. The summed E-state index contributed by atoms with van der Waals surface area (Å²) < 4.78 is 11.4. The number of hydrogen-bond acceptors (Lipinski definition) is 4. The van der Waals surface area contributed by atoms with Crippen LogP contribution in [-0.2, 0) is 11.3 Å². The first-order valence-corrected chi connectivity index (χ1v) is 7.46. The maximum atomic E-state index is 5.99. The maximum Gasteiger partial charge on any atom is 0.123 e. The van der Waals surface area contributed by atoms with Crippen LogP contribution in [0.4, 0.5) is 0 Å². The van der Waals surface area contributed by atoms with E-state index in [1.54, 1.807) is 7.11 Å². The molecule has 2 N–H and O–H groups in total. The Kier molecular flexibility index (Phi) is 3.96. The molecule has 4 heteroatoms. The number of benzene rings is 1. The van der Waals surface area contributed by atoms with E-state index in [1.807, 2.05) is 13.0 Å². The standard InChI is InChI=1S/C16H24N2O2/c1-11(17)12-3-6-16(19-2)13(7-12)8-18-9-14-4-5-15(10-18)20-14/h3,6-7,11,14-15H,4-5,8-10,17H2,1-2H3. The zero-order chi connectivity index (χ0) is 14.1. The number of nitrogens with zero attached hydrogens (tertiary/aromatic N) is 1. The first-order chi connectivity index (χ1) is 9.65. The molecule has 1 aromatic carbocycles. The summed E-state index contributed by atoms with van der Waals surface area (Å²) in [6.45, 7) is 4.99. The molecule has 3 unspecified atom stereocenters. The van der Waals surface area contributed by atoms with Gasteiger partial charge in [-0.25, -0.2) is 0 Å². The van der Waals surface area contributed by atoms with Crippen LogP contribution in [0.1, 0.15) is 36.9 Å². The highest BCUT2D eigenvalue weighted by Crippen LogP contribution is 2.29. The van der Waals surface area contributed by atoms with Crippen LogP contribution in [-0.4, -0.2) is 37.3 Å². The lowest BCUT2D eigenvalue weighted by Gasteiger charge is -2.32. The minimum Gasteiger partial charge on any atom is -0.496 e. The molecular formula is C16H24N2O2. The van der Waals surface area contributed by atoms with E-state index in [0.29, 0.717) is 12.2 Å². The molecule has 2 heterocycles. The fraction of sp³-hybridized carbons (Fsp3) is 0.625. The predicted octanol–water partition coefficient (Wildman–Crippen LogP) is 2.08. The van der Waals surface area contributed by atoms with E-state index in [9.17, 15) is 0 Å². The van der Waals surface area contributed by atoms with Crippen molar-refractivity contribution in [2.24, 2.45) is 5.73 Å². The van der Waals surface area contributed by atoms with Crippen LogP contribution in [0.15, 0.2) is 18.2 Å². The summed E-state index contributed by atoms with van der Waals surface area (Å²) in [4.78, 5) is 2.48. The molecule has 0 spiro atoms. The second-order valence-corrected chi connectivity index (χ2v) is 6.01. The smallest absolute Gasteiger partial charge is 0.123 e. The monoisotopic (exact) mass is 276 g/mol. The Morgan fingerprint density at radius 1 is 1.35 bits per heavy atom. The van der Waals surface area contributed by atoms with Crippen molar-refractivity contribution in [3.8, 4) is 5.75 Å². The number of nitrogens with two attached hydrogens (primary N) is 1. The topological polar surface area (TPSA) is 47.7 Å². The van der Waals surface area contributed by atoms with Crippen LogP contribution < -0.4 is 10.5 Å². The molecule has 0 saturated carbocycles. The molecule has 0 aromatic heterocycles. The largest absolute Gasteiger partial charge is 0.496 e. The number of ether oxygens (including phenoxy) is 2. The van der Waals surface area contributed by atoms with Gasteiger partial charge in [0.25, 0.3) is 0 Å². The first-order valence-electron chi connectivity index (χ1n) is 7.46. The molecule has 110 valence electrons. The van der Waals surface area contributed by atoms with Crippen molar-refractivity contribution in [3.05, 3.63) is 29.3 Å². The summed E-state index contributed by atoms with van der Waals surface area (Å²) in [6.07, 6.45) is 3.27. The quantitative estimate of drug-likeness (QED) is 0.914. The maximum absolute atomic E-state index is 5.99. The molecule has 0 aliphatic carbocycles. The third kappa shape index (κ3) is 2.82. The van der Waals surface area contributed by atoms with Gasteiger partial charge in [-0.1, -0.05) is 6.07 Å². The minimum atomic E-state index is 0.0560. The fourth-order valence-electron chi connectivity index (χ4n) is 3.27. The van der Waals surface area contributed by atoms with Gasteiger partial charge >= 0.3 is 0 Å². The molecule has 1 aromatic rings. The highest BCUT2D eigenvalue weighted by molar-refractivity contribution is 5.38. The molecule has 3 atom stereocenters. The van der Waals surface area contributed by atoms with E-state index in [4.69, 9.17) is 15.2 Å². The van der Waals surface area contributed by atoms with E-state index in [1.165, 1.54) is 18.4 Å². The van der Waals surface area contributed by atoms with Gasteiger partial charge in [0.15, 0.2) is 0 Å². The second-order valence-electron chi connectivity index (χ2n) is 6.01. The molecule has 2 aliphatic rings.